The lowest BCUT2D eigenvalue weighted by Crippen LogP contribution is -2.17. The normalized spacial score (nSPS) is 21.8. The SMILES string of the molecule is CSc1ccc(C2CCOP(=O)(COCCn3cnc4c(=O)[nH]c(N)nc43)O2)cc1. The van der Waals surface area contributed by atoms with Gasteiger partial charge in [-0.1, -0.05) is 12.1 Å². The van der Waals surface area contributed by atoms with E-state index < -0.39 is 13.2 Å². The van der Waals surface area contributed by atoms with E-state index in [1.54, 1.807) is 16.3 Å². The highest BCUT2D eigenvalue weighted by atomic mass is 32.2. The first-order valence-electron chi connectivity index (χ1n) is 9.32. The third kappa shape index (κ3) is 4.60. The molecule has 0 amide bonds. The van der Waals surface area contributed by atoms with Gasteiger partial charge in [0.2, 0.25) is 5.95 Å². The van der Waals surface area contributed by atoms with Crippen molar-refractivity contribution in [3.8, 4) is 0 Å². The molecular weight excluding hydrogens is 429 g/mol. The maximum absolute atomic E-state index is 12.9. The Hall–Kier alpha value is -2.17. The molecule has 0 radical (unpaired) electrons. The van der Waals surface area contributed by atoms with Gasteiger partial charge in [-0.3, -0.25) is 18.9 Å². The van der Waals surface area contributed by atoms with Crippen LogP contribution in [0.4, 0.5) is 5.95 Å². The van der Waals surface area contributed by atoms with Gasteiger partial charge in [-0.2, -0.15) is 4.98 Å². The molecule has 3 heterocycles. The number of aromatic amines is 1. The number of nitrogen functional groups attached to an aromatic ring is 1. The Bertz CT molecular complexity index is 1130. The molecule has 10 nitrogen and oxygen atoms in total. The fraction of sp³-hybridized carbons (Fsp3) is 0.389. The Morgan fingerprint density at radius 1 is 1.40 bits per heavy atom. The van der Waals surface area contributed by atoms with Gasteiger partial charge in [-0.25, -0.2) is 4.98 Å². The van der Waals surface area contributed by atoms with Gasteiger partial charge in [0.1, 0.15) is 6.35 Å². The van der Waals surface area contributed by atoms with E-state index in [0.717, 1.165) is 10.5 Å². The Balaban J connectivity index is 1.34. The minimum Gasteiger partial charge on any atom is -0.369 e. The number of hydrogen-bond donors (Lipinski definition) is 2. The van der Waals surface area contributed by atoms with Crippen molar-refractivity contribution in [3.63, 3.8) is 0 Å². The molecule has 1 aliphatic heterocycles. The molecule has 4 rings (SSSR count). The van der Waals surface area contributed by atoms with Crippen molar-refractivity contribution in [2.24, 2.45) is 0 Å². The smallest absolute Gasteiger partial charge is 0.356 e. The predicted octanol–water partition coefficient (Wildman–Crippen LogP) is 2.77. The van der Waals surface area contributed by atoms with Crippen LogP contribution in [0.3, 0.4) is 0 Å². The summed E-state index contributed by atoms with van der Waals surface area (Å²) in [7, 11) is -3.37. The number of rotatable bonds is 7. The fourth-order valence-corrected chi connectivity index (χ4v) is 5.12. The number of anilines is 1. The highest BCUT2D eigenvalue weighted by Gasteiger charge is 2.34. The molecule has 1 aliphatic rings. The summed E-state index contributed by atoms with van der Waals surface area (Å²) >= 11 is 1.66. The fourth-order valence-electron chi connectivity index (χ4n) is 3.16. The van der Waals surface area contributed by atoms with Crippen LogP contribution >= 0.6 is 19.4 Å². The molecule has 3 aromatic rings. The molecule has 2 aromatic heterocycles. The molecule has 1 saturated heterocycles. The zero-order chi connectivity index (χ0) is 21.1. The van der Waals surface area contributed by atoms with Gasteiger partial charge < -0.3 is 19.6 Å². The third-order valence-electron chi connectivity index (χ3n) is 4.66. The summed E-state index contributed by atoms with van der Waals surface area (Å²) in [6.45, 7) is 0.906. The second-order valence-corrected chi connectivity index (χ2v) is 9.53. The van der Waals surface area contributed by atoms with Crippen molar-refractivity contribution >= 4 is 36.5 Å². The molecule has 30 heavy (non-hydrogen) atoms. The number of fused-ring (bicyclic) bond motifs is 1. The first kappa shape index (κ1) is 21.1. The van der Waals surface area contributed by atoms with Crippen molar-refractivity contribution in [2.45, 2.75) is 24.0 Å². The molecule has 3 N–H and O–H groups in total. The Morgan fingerprint density at radius 3 is 2.97 bits per heavy atom. The minimum atomic E-state index is -3.37. The Morgan fingerprint density at radius 2 is 2.20 bits per heavy atom. The van der Waals surface area contributed by atoms with E-state index in [0.29, 0.717) is 25.2 Å². The molecule has 1 fully saturated rings. The summed E-state index contributed by atoms with van der Waals surface area (Å²) < 4.78 is 31.3. The van der Waals surface area contributed by atoms with E-state index in [-0.39, 0.29) is 30.5 Å². The van der Waals surface area contributed by atoms with E-state index in [1.807, 2.05) is 30.5 Å². The van der Waals surface area contributed by atoms with Crippen molar-refractivity contribution in [2.75, 3.05) is 31.6 Å². The topological polar surface area (TPSA) is 134 Å². The first-order valence-corrected chi connectivity index (χ1v) is 12.3. The van der Waals surface area contributed by atoms with E-state index in [4.69, 9.17) is 19.5 Å². The van der Waals surface area contributed by atoms with Crippen LogP contribution in [0.15, 0.2) is 40.3 Å². The molecular formula is C18H22N5O5PS. The van der Waals surface area contributed by atoms with Crippen LogP contribution in [0.25, 0.3) is 11.2 Å². The zero-order valence-corrected chi connectivity index (χ0v) is 18.0. The number of imidazole rings is 1. The average molecular weight is 451 g/mol. The van der Waals surface area contributed by atoms with Gasteiger partial charge in [0.05, 0.1) is 25.6 Å². The number of ether oxygens (including phenoxy) is 1. The van der Waals surface area contributed by atoms with Gasteiger partial charge in [-0.05, 0) is 24.0 Å². The second kappa shape index (κ2) is 8.91. The quantitative estimate of drug-likeness (QED) is 0.316. The van der Waals surface area contributed by atoms with Crippen LogP contribution in [0.1, 0.15) is 18.1 Å². The monoisotopic (exact) mass is 451 g/mol. The number of benzene rings is 1. The predicted molar refractivity (Wildman–Crippen MR) is 114 cm³/mol. The van der Waals surface area contributed by atoms with Gasteiger partial charge in [0.15, 0.2) is 11.2 Å². The summed E-state index contributed by atoms with van der Waals surface area (Å²) in [5.41, 5.74) is 6.72. The lowest BCUT2D eigenvalue weighted by Gasteiger charge is -2.30. The molecule has 2 unspecified atom stereocenters. The van der Waals surface area contributed by atoms with Crippen molar-refractivity contribution in [3.05, 3.63) is 46.5 Å². The highest BCUT2D eigenvalue weighted by Crippen LogP contribution is 2.55. The molecule has 0 aliphatic carbocycles. The zero-order valence-electron chi connectivity index (χ0n) is 16.3. The van der Waals surface area contributed by atoms with Gasteiger partial charge in [0.25, 0.3) is 5.56 Å². The molecule has 12 heteroatoms. The second-order valence-electron chi connectivity index (χ2n) is 6.70. The maximum Gasteiger partial charge on any atom is 0.356 e. The number of nitrogens with zero attached hydrogens (tertiary/aromatic N) is 3. The summed E-state index contributed by atoms with van der Waals surface area (Å²) in [6, 6.07) is 8.00. The number of aromatic nitrogens is 4. The standard InChI is InChI=1S/C18H22N5O5PS/c1-30-13-4-2-12(3-5-13)14-6-8-27-29(25,28-14)11-26-9-7-23-10-20-15-16(23)21-18(19)22-17(15)24/h2-5,10,14H,6-9,11H2,1H3,(H3,19,21,22,24). The Kier molecular flexibility index (Phi) is 6.26. The van der Waals surface area contributed by atoms with E-state index in [1.165, 1.54) is 6.33 Å². The van der Waals surface area contributed by atoms with E-state index >= 15 is 0 Å². The van der Waals surface area contributed by atoms with Crippen LogP contribution in [0, 0.1) is 0 Å². The van der Waals surface area contributed by atoms with Crippen molar-refractivity contribution in [1.82, 2.24) is 19.5 Å². The number of nitrogens with two attached hydrogens (primary N) is 1. The number of hydrogen-bond acceptors (Lipinski definition) is 9. The first-order chi connectivity index (χ1) is 14.5. The number of H-pyrrole nitrogens is 1. The lowest BCUT2D eigenvalue weighted by atomic mass is 10.1. The minimum absolute atomic E-state index is 0.0141. The van der Waals surface area contributed by atoms with Crippen LogP contribution < -0.4 is 11.3 Å². The molecule has 2 atom stereocenters. The van der Waals surface area contributed by atoms with Crippen LogP contribution in [-0.2, 0) is 24.9 Å². The number of thioether (sulfide) groups is 1. The largest absolute Gasteiger partial charge is 0.369 e. The average Bonchev–Trinajstić information content (AvgIpc) is 3.14. The highest BCUT2D eigenvalue weighted by molar-refractivity contribution is 7.98. The van der Waals surface area contributed by atoms with E-state index in [2.05, 4.69) is 15.0 Å². The van der Waals surface area contributed by atoms with Gasteiger partial charge in [-0.15, -0.1) is 11.8 Å². The third-order valence-corrected chi connectivity index (χ3v) is 7.06. The summed E-state index contributed by atoms with van der Waals surface area (Å²) in [5, 5.41) is 0. The van der Waals surface area contributed by atoms with Crippen LogP contribution in [0.2, 0.25) is 0 Å². The Labute approximate surface area is 176 Å². The molecule has 0 bridgehead atoms. The number of nitrogens with one attached hydrogen (secondary N) is 1. The molecule has 160 valence electrons. The summed E-state index contributed by atoms with van der Waals surface area (Å²) in [4.78, 5) is 23.5. The van der Waals surface area contributed by atoms with Crippen molar-refractivity contribution in [1.29, 1.82) is 0 Å². The summed E-state index contributed by atoms with van der Waals surface area (Å²) in [5.74, 6) is 0.0141. The van der Waals surface area contributed by atoms with Crippen LogP contribution in [0.5, 0.6) is 0 Å². The van der Waals surface area contributed by atoms with Crippen molar-refractivity contribution < 1.29 is 18.3 Å². The van der Waals surface area contributed by atoms with Gasteiger partial charge in [0, 0.05) is 17.9 Å². The lowest BCUT2D eigenvalue weighted by molar-refractivity contribution is 0.0563. The van der Waals surface area contributed by atoms with Gasteiger partial charge >= 0.3 is 7.60 Å². The molecule has 0 saturated carbocycles. The molecule has 0 spiro atoms. The summed E-state index contributed by atoms with van der Waals surface area (Å²) in [6.07, 6.45) is 3.68. The molecule has 1 aromatic carbocycles. The van der Waals surface area contributed by atoms with E-state index in [9.17, 15) is 9.36 Å². The maximum atomic E-state index is 12.9. The van der Waals surface area contributed by atoms with Crippen LogP contribution in [-0.4, -0.2) is 45.3 Å².